The minimum Gasteiger partial charge on any atom is -0.467 e. The predicted molar refractivity (Wildman–Crippen MR) is 95.2 cm³/mol. The Morgan fingerprint density at radius 1 is 1.21 bits per heavy atom. The molecule has 2 aromatic rings. The first-order valence-electron chi connectivity index (χ1n) is 8.89. The van der Waals surface area contributed by atoms with Crippen molar-refractivity contribution >= 4 is 17.8 Å². The van der Waals surface area contributed by atoms with Crippen LogP contribution in [0.2, 0.25) is 0 Å². The lowest BCUT2D eigenvalue weighted by atomic mass is 10.1. The first-order valence-corrected chi connectivity index (χ1v) is 8.89. The van der Waals surface area contributed by atoms with Crippen LogP contribution in [0.4, 0.5) is 4.79 Å². The normalized spacial score (nSPS) is 17.7. The van der Waals surface area contributed by atoms with Crippen molar-refractivity contribution in [1.29, 1.82) is 0 Å². The summed E-state index contributed by atoms with van der Waals surface area (Å²) in [6, 6.07) is 7.59. The van der Waals surface area contributed by atoms with Gasteiger partial charge in [0.05, 0.1) is 19.4 Å². The van der Waals surface area contributed by atoms with Crippen LogP contribution in [-0.4, -0.2) is 35.6 Å². The first kappa shape index (κ1) is 17.9. The van der Waals surface area contributed by atoms with Gasteiger partial charge in [0.2, 0.25) is 12.7 Å². The van der Waals surface area contributed by atoms with Crippen LogP contribution in [0.5, 0.6) is 11.5 Å². The van der Waals surface area contributed by atoms with E-state index in [-0.39, 0.29) is 44.5 Å². The molecule has 9 nitrogen and oxygen atoms in total. The molecule has 4 rings (SSSR count). The van der Waals surface area contributed by atoms with E-state index in [2.05, 4.69) is 10.6 Å². The van der Waals surface area contributed by atoms with Gasteiger partial charge in [-0.2, -0.15) is 0 Å². The van der Waals surface area contributed by atoms with Crippen molar-refractivity contribution in [1.82, 2.24) is 15.5 Å². The Morgan fingerprint density at radius 2 is 2.07 bits per heavy atom. The van der Waals surface area contributed by atoms with Gasteiger partial charge in [0.25, 0.3) is 5.91 Å². The minimum atomic E-state index is -0.712. The summed E-state index contributed by atoms with van der Waals surface area (Å²) in [4.78, 5) is 37.8. The van der Waals surface area contributed by atoms with Crippen molar-refractivity contribution in [3.05, 3.63) is 47.9 Å². The van der Waals surface area contributed by atoms with Crippen molar-refractivity contribution in [2.45, 2.75) is 32.0 Å². The first-order chi connectivity index (χ1) is 13.6. The summed E-state index contributed by atoms with van der Waals surface area (Å²) < 4.78 is 15.7. The number of carbonyl (C=O) groups excluding carboxylic acids is 3. The van der Waals surface area contributed by atoms with Gasteiger partial charge in [-0.25, -0.2) is 4.79 Å². The standard InChI is InChI=1S/C19H19N3O6/c23-17(20-9-13-2-1-7-26-13)6-4-14-18(24)22(19(25)21-14)10-12-3-5-15-16(8-12)28-11-27-15/h1-3,5,7-8,14H,4,6,9-11H2,(H,20,23)(H,21,25). The highest BCUT2D eigenvalue weighted by molar-refractivity contribution is 6.04. The molecule has 9 heteroatoms. The second kappa shape index (κ2) is 7.63. The van der Waals surface area contributed by atoms with Crippen molar-refractivity contribution < 1.29 is 28.3 Å². The lowest BCUT2D eigenvalue weighted by Gasteiger charge is -2.13. The predicted octanol–water partition coefficient (Wildman–Crippen LogP) is 1.53. The van der Waals surface area contributed by atoms with Gasteiger partial charge in [0, 0.05) is 6.42 Å². The zero-order chi connectivity index (χ0) is 19.5. The van der Waals surface area contributed by atoms with Gasteiger partial charge < -0.3 is 24.5 Å². The zero-order valence-corrected chi connectivity index (χ0v) is 15.0. The van der Waals surface area contributed by atoms with Crippen molar-refractivity contribution in [2.75, 3.05) is 6.79 Å². The van der Waals surface area contributed by atoms with Crippen molar-refractivity contribution in [2.24, 2.45) is 0 Å². The number of ether oxygens (including phenoxy) is 2. The van der Waals surface area contributed by atoms with E-state index < -0.39 is 12.1 Å². The van der Waals surface area contributed by atoms with E-state index in [9.17, 15) is 14.4 Å². The Bertz CT molecular complexity index is 895. The van der Waals surface area contributed by atoms with Crippen LogP contribution in [-0.2, 0) is 22.7 Å². The van der Waals surface area contributed by atoms with Gasteiger partial charge >= 0.3 is 6.03 Å². The van der Waals surface area contributed by atoms with E-state index >= 15 is 0 Å². The summed E-state index contributed by atoms with van der Waals surface area (Å²) in [7, 11) is 0. The van der Waals surface area contributed by atoms with E-state index in [4.69, 9.17) is 13.9 Å². The molecule has 3 heterocycles. The van der Waals surface area contributed by atoms with Crippen LogP contribution >= 0.6 is 0 Å². The van der Waals surface area contributed by atoms with Crippen LogP contribution in [0.15, 0.2) is 41.0 Å². The highest BCUT2D eigenvalue weighted by atomic mass is 16.7. The molecule has 0 bridgehead atoms. The van der Waals surface area contributed by atoms with Gasteiger partial charge in [0.1, 0.15) is 11.8 Å². The SMILES string of the molecule is O=C(CCC1NC(=O)N(Cc2ccc3c(c2)OCO3)C1=O)NCc1ccco1. The number of nitrogens with one attached hydrogen (secondary N) is 2. The third-order valence-electron chi connectivity index (χ3n) is 4.58. The number of carbonyl (C=O) groups is 3. The molecule has 28 heavy (non-hydrogen) atoms. The van der Waals surface area contributed by atoms with Gasteiger partial charge in [-0.05, 0) is 36.2 Å². The summed E-state index contributed by atoms with van der Waals surface area (Å²) in [5.74, 6) is 1.32. The minimum absolute atomic E-state index is 0.120. The molecule has 1 aromatic heterocycles. The van der Waals surface area contributed by atoms with E-state index in [0.29, 0.717) is 17.3 Å². The molecule has 146 valence electrons. The number of benzene rings is 1. The van der Waals surface area contributed by atoms with E-state index in [1.54, 1.807) is 30.3 Å². The van der Waals surface area contributed by atoms with Crippen LogP contribution in [0.3, 0.4) is 0 Å². The largest absolute Gasteiger partial charge is 0.467 e. The fourth-order valence-corrected chi connectivity index (χ4v) is 3.11. The van der Waals surface area contributed by atoms with E-state index in [1.165, 1.54) is 6.26 Å². The fraction of sp³-hybridized carbons (Fsp3) is 0.316. The highest BCUT2D eigenvalue weighted by Crippen LogP contribution is 2.33. The van der Waals surface area contributed by atoms with Crippen LogP contribution in [0.1, 0.15) is 24.2 Å². The Hall–Kier alpha value is -3.49. The molecule has 2 aliphatic heterocycles. The van der Waals surface area contributed by atoms with E-state index in [0.717, 1.165) is 10.5 Å². The maximum absolute atomic E-state index is 12.6. The molecule has 2 aliphatic rings. The zero-order valence-electron chi connectivity index (χ0n) is 15.0. The number of rotatable bonds is 7. The third-order valence-corrected chi connectivity index (χ3v) is 4.58. The maximum atomic E-state index is 12.6. The Morgan fingerprint density at radius 3 is 2.89 bits per heavy atom. The highest BCUT2D eigenvalue weighted by Gasteiger charge is 2.38. The molecule has 4 amide bonds. The second-order valence-corrected chi connectivity index (χ2v) is 6.51. The van der Waals surface area contributed by atoms with Crippen molar-refractivity contribution in [3.63, 3.8) is 0 Å². The van der Waals surface area contributed by atoms with Crippen molar-refractivity contribution in [3.8, 4) is 11.5 Å². The molecule has 1 saturated heterocycles. The Balaban J connectivity index is 1.29. The summed E-state index contributed by atoms with van der Waals surface area (Å²) >= 11 is 0. The van der Waals surface area contributed by atoms with E-state index in [1.807, 2.05) is 0 Å². The molecule has 0 saturated carbocycles. The average Bonchev–Trinajstić information content (AvgIpc) is 3.42. The maximum Gasteiger partial charge on any atom is 0.325 e. The lowest BCUT2D eigenvalue weighted by molar-refractivity contribution is -0.128. The van der Waals surface area contributed by atoms with Gasteiger partial charge in [-0.3, -0.25) is 14.5 Å². The summed E-state index contributed by atoms with van der Waals surface area (Å²) in [6.45, 7) is 0.571. The molecule has 1 atom stereocenters. The number of fused-ring (bicyclic) bond motifs is 1. The Labute approximate surface area is 160 Å². The van der Waals surface area contributed by atoms with Crippen LogP contribution in [0, 0.1) is 0 Å². The number of amides is 4. The molecular formula is C19H19N3O6. The number of hydrogen-bond donors (Lipinski definition) is 2. The molecule has 0 aliphatic carbocycles. The number of imide groups is 1. The van der Waals surface area contributed by atoms with Gasteiger partial charge in [-0.15, -0.1) is 0 Å². The quantitative estimate of drug-likeness (QED) is 0.700. The number of hydrogen-bond acceptors (Lipinski definition) is 6. The Kier molecular flexibility index (Phi) is 4.88. The third kappa shape index (κ3) is 3.78. The summed E-state index contributed by atoms with van der Waals surface area (Å²) in [6.07, 6.45) is 1.88. The molecule has 1 fully saturated rings. The molecule has 1 aromatic carbocycles. The van der Waals surface area contributed by atoms with Crippen LogP contribution < -0.4 is 20.1 Å². The summed E-state index contributed by atoms with van der Waals surface area (Å²) in [5, 5.41) is 5.35. The number of urea groups is 1. The number of nitrogens with zero attached hydrogens (tertiary/aromatic N) is 1. The fourth-order valence-electron chi connectivity index (χ4n) is 3.11. The topological polar surface area (TPSA) is 110 Å². The molecule has 1 unspecified atom stereocenters. The lowest BCUT2D eigenvalue weighted by Crippen LogP contribution is -2.32. The monoisotopic (exact) mass is 385 g/mol. The smallest absolute Gasteiger partial charge is 0.325 e. The van der Waals surface area contributed by atoms with Gasteiger partial charge in [0.15, 0.2) is 11.5 Å². The summed E-state index contributed by atoms with van der Waals surface area (Å²) in [5.41, 5.74) is 0.754. The molecular weight excluding hydrogens is 366 g/mol. The number of furan rings is 1. The molecule has 0 radical (unpaired) electrons. The second-order valence-electron chi connectivity index (χ2n) is 6.51. The van der Waals surface area contributed by atoms with Crippen LogP contribution in [0.25, 0.3) is 0 Å². The van der Waals surface area contributed by atoms with Gasteiger partial charge in [-0.1, -0.05) is 6.07 Å². The molecule has 0 spiro atoms. The molecule has 2 N–H and O–H groups in total. The average molecular weight is 385 g/mol.